The number of benzene rings is 3. The zero-order chi connectivity index (χ0) is 25.7. The van der Waals surface area contributed by atoms with Gasteiger partial charge in [0.1, 0.15) is 12.4 Å². The molecule has 1 aliphatic rings. The first kappa shape index (κ1) is 25.5. The Morgan fingerprint density at radius 2 is 1.81 bits per heavy atom. The van der Waals surface area contributed by atoms with Crippen molar-refractivity contribution in [2.24, 2.45) is 0 Å². The lowest BCUT2D eigenvalue weighted by Crippen LogP contribution is -2.47. The molecule has 36 heavy (non-hydrogen) atoms. The molecule has 1 fully saturated rings. The maximum Gasteiger partial charge on any atom is 0.335 e. The van der Waals surface area contributed by atoms with Gasteiger partial charge in [0.25, 0.3) is 5.91 Å². The number of likely N-dealkylation sites (tertiary alicyclic amines) is 1. The number of ether oxygens (including phenoxy) is 1. The number of hydrogen-bond donors (Lipinski definition) is 2. The van der Waals surface area contributed by atoms with E-state index in [4.69, 9.17) is 4.74 Å². The number of carboxylic acids is 1. The van der Waals surface area contributed by atoms with Gasteiger partial charge in [-0.2, -0.15) is 0 Å². The molecule has 1 aliphatic heterocycles. The summed E-state index contributed by atoms with van der Waals surface area (Å²) in [6.07, 6.45) is 3.62. The van der Waals surface area contributed by atoms with Crippen LogP contribution in [-0.4, -0.2) is 53.7 Å². The maximum atomic E-state index is 13.4. The molecular formula is C30H34N2O4. The van der Waals surface area contributed by atoms with Crippen molar-refractivity contribution in [2.45, 2.75) is 45.7 Å². The van der Waals surface area contributed by atoms with Gasteiger partial charge in [-0.3, -0.25) is 4.79 Å². The van der Waals surface area contributed by atoms with E-state index in [-0.39, 0.29) is 24.1 Å². The lowest BCUT2D eigenvalue weighted by atomic mass is 10.0. The number of fused-ring (bicyclic) bond motifs is 1. The lowest BCUT2D eigenvalue weighted by molar-refractivity contribution is -0.118. The molecule has 0 radical (unpaired) electrons. The van der Waals surface area contributed by atoms with Crippen LogP contribution in [0.2, 0.25) is 0 Å². The number of carbonyl (C=O) groups excluding carboxylic acids is 1. The fraction of sp³-hybridized carbons (Fsp3) is 0.333. The summed E-state index contributed by atoms with van der Waals surface area (Å²) >= 11 is 0. The Hall–Kier alpha value is -3.64. The van der Waals surface area contributed by atoms with Crippen molar-refractivity contribution in [3.8, 4) is 5.75 Å². The first-order valence-electron chi connectivity index (χ1n) is 12.5. The summed E-state index contributed by atoms with van der Waals surface area (Å²) in [7, 11) is 0. The van der Waals surface area contributed by atoms with E-state index in [1.54, 1.807) is 31.2 Å². The van der Waals surface area contributed by atoms with Crippen LogP contribution >= 0.6 is 0 Å². The summed E-state index contributed by atoms with van der Waals surface area (Å²) in [5, 5.41) is 14.6. The van der Waals surface area contributed by atoms with E-state index in [1.165, 1.54) is 0 Å². The second-order valence-electron chi connectivity index (χ2n) is 9.69. The van der Waals surface area contributed by atoms with E-state index in [9.17, 15) is 14.7 Å². The van der Waals surface area contributed by atoms with Gasteiger partial charge in [0.2, 0.25) is 0 Å². The number of hydrogen-bond acceptors (Lipinski definition) is 4. The Morgan fingerprint density at radius 1 is 1.08 bits per heavy atom. The molecule has 188 valence electrons. The molecule has 3 aromatic rings. The fourth-order valence-electron chi connectivity index (χ4n) is 4.71. The fourth-order valence-corrected chi connectivity index (χ4v) is 4.71. The van der Waals surface area contributed by atoms with E-state index in [2.05, 4.69) is 24.1 Å². The molecule has 0 spiro atoms. The molecule has 1 heterocycles. The summed E-state index contributed by atoms with van der Waals surface area (Å²) in [6.45, 7) is 8.18. The van der Waals surface area contributed by atoms with E-state index >= 15 is 0 Å². The van der Waals surface area contributed by atoms with Crippen LogP contribution in [0.25, 0.3) is 16.8 Å². The second-order valence-corrected chi connectivity index (χ2v) is 9.69. The van der Waals surface area contributed by atoms with Gasteiger partial charge in [0.05, 0.1) is 11.1 Å². The van der Waals surface area contributed by atoms with Gasteiger partial charge >= 0.3 is 5.97 Å². The van der Waals surface area contributed by atoms with E-state index in [0.29, 0.717) is 17.2 Å². The molecule has 0 atom stereocenters. The number of amides is 1. The third-order valence-electron chi connectivity index (χ3n) is 6.84. The smallest absolute Gasteiger partial charge is 0.335 e. The monoisotopic (exact) mass is 486 g/mol. The molecule has 1 amide bonds. The molecule has 0 aromatic heterocycles. The Labute approximate surface area is 212 Å². The molecule has 2 N–H and O–H groups in total. The number of piperidine rings is 1. The van der Waals surface area contributed by atoms with Crippen molar-refractivity contribution < 1.29 is 19.4 Å². The van der Waals surface area contributed by atoms with Crippen LogP contribution in [0.4, 0.5) is 0 Å². The van der Waals surface area contributed by atoms with Crippen LogP contribution in [-0.2, 0) is 4.79 Å². The van der Waals surface area contributed by atoms with Crippen molar-refractivity contribution in [3.63, 3.8) is 0 Å². The molecule has 6 nitrogen and oxygen atoms in total. The molecule has 0 saturated carbocycles. The first-order chi connectivity index (χ1) is 17.3. The standard InChI is InChI=1S/C30H34N2O4/c1-20(2)32-15-13-25(14-16-32)31-29(33)24(18-22-11-12-26(30(34)35)21(3)17-22)19-36-28-10-6-8-23-7-4-5-9-27(23)28/h4-12,17-18,20,25H,13-16,19H2,1-3H3,(H,31,33)(H,34,35). The number of carbonyl (C=O) groups is 2. The van der Waals surface area contributed by atoms with E-state index < -0.39 is 5.97 Å². The zero-order valence-electron chi connectivity index (χ0n) is 21.2. The van der Waals surface area contributed by atoms with Crippen molar-refractivity contribution in [1.82, 2.24) is 10.2 Å². The predicted octanol–water partition coefficient (Wildman–Crippen LogP) is 5.30. The molecule has 1 saturated heterocycles. The Balaban J connectivity index is 1.56. The van der Waals surface area contributed by atoms with E-state index in [0.717, 1.165) is 48.0 Å². The number of aromatic carboxylic acids is 1. The van der Waals surface area contributed by atoms with Gasteiger partial charge in [0, 0.05) is 30.6 Å². The SMILES string of the molecule is Cc1cc(C=C(COc2cccc3ccccc23)C(=O)NC2CCN(C(C)C)CC2)ccc1C(=O)O. The molecular weight excluding hydrogens is 452 g/mol. The highest BCUT2D eigenvalue weighted by Gasteiger charge is 2.23. The normalized spacial score (nSPS) is 15.3. The van der Waals surface area contributed by atoms with Gasteiger partial charge in [-0.1, -0.05) is 48.5 Å². The topological polar surface area (TPSA) is 78.9 Å². The number of nitrogens with zero attached hydrogens (tertiary/aromatic N) is 1. The first-order valence-corrected chi connectivity index (χ1v) is 12.5. The minimum Gasteiger partial charge on any atom is -0.488 e. The molecule has 6 heteroatoms. The second kappa shape index (κ2) is 11.4. The minimum atomic E-state index is -0.965. The van der Waals surface area contributed by atoms with Gasteiger partial charge in [-0.05, 0) is 68.3 Å². The van der Waals surface area contributed by atoms with Crippen LogP contribution in [0.1, 0.15) is 48.2 Å². The maximum absolute atomic E-state index is 13.4. The quantitative estimate of drug-likeness (QED) is 0.423. The van der Waals surface area contributed by atoms with Gasteiger partial charge in [-0.15, -0.1) is 0 Å². The third kappa shape index (κ3) is 6.13. The van der Waals surface area contributed by atoms with Gasteiger partial charge in [-0.25, -0.2) is 4.79 Å². The van der Waals surface area contributed by atoms with Gasteiger partial charge < -0.3 is 20.1 Å². The van der Waals surface area contributed by atoms with Crippen LogP contribution in [0, 0.1) is 6.92 Å². The highest BCUT2D eigenvalue weighted by atomic mass is 16.5. The third-order valence-corrected chi connectivity index (χ3v) is 6.84. The average Bonchev–Trinajstić information content (AvgIpc) is 2.86. The number of rotatable bonds is 8. The lowest BCUT2D eigenvalue weighted by Gasteiger charge is -2.35. The number of aryl methyl sites for hydroxylation is 1. The van der Waals surface area contributed by atoms with Crippen LogP contribution in [0.3, 0.4) is 0 Å². The Bertz CT molecular complexity index is 1270. The molecule has 0 bridgehead atoms. The van der Waals surface area contributed by atoms with Crippen LogP contribution in [0.5, 0.6) is 5.75 Å². The molecule has 3 aromatic carbocycles. The predicted molar refractivity (Wildman–Crippen MR) is 143 cm³/mol. The van der Waals surface area contributed by atoms with E-state index in [1.807, 2.05) is 42.5 Å². The van der Waals surface area contributed by atoms with Crippen LogP contribution < -0.4 is 10.1 Å². The summed E-state index contributed by atoms with van der Waals surface area (Å²) in [5.74, 6) is -0.402. The number of carboxylic acid groups (broad SMARTS) is 1. The summed E-state index contributed by atoms with van der Waals surface area (Å²) in [5.41, 5.74) is 2.16. The summed E-state index contributed by atoms with van der Waals surface area (Å²) < 4.78 is 6.17. The zero-order valence-corrected chi connectivity index (χ0v) is 21.2. The summed E-state index contributed by atoms with van der Waals surface area (Å²) in [6, 6.07) is 19.6. The Kier molecular flexibility index (Phi) is 8.06. The molecule has 0 aliphatic carbocycles. The van der Waals surface area contributed by atoms with Crippen molar-refractivity contribution >= 4 is 28.7 Å². The molecule has 4 rings (SSSR count). The molecule has 0 unspecified atom stereocenters. The largest absolute Gasteiger partial charge is 0.488 e. The Morgan fingerprint density at radius 3 is 2.50 bits per heavy atom. The average molecular weight is 487 g/mol. The van der Waals surface area contributed by atoms with Crippen molar-refractivity contribution in [3.05, 3.63) is 82.9 Å². The van der Waals surface area contributed by atoms with Crippen molar-refractivity contribution in [1.29, 1.82) is 0 Å². The highest BCUT2D eigenvalue weighted by Crippen LogP contribution is 2.26. The minimum absolute atomic E-state index is 0.102. The number of nitrogens with one attached hydrogen (secondary N) is 1. The summed E-state index contributed by atoms with van der Waals surface area (Å²) in [4.78, 5) is 27.2. The van der Waals surface area contributed by atoms with Crippen molar-refractivity contribution in [2.75, 3.05) is 19.7 Å². The van der Waals surface area contributed by atoms with Gasteiger partial charge in [0.15, 0.2) is 0 Å². The van der Waals surface area contributed by atoms with Crippen LogP contribution in [0.15, 0.2) is 66.2 Å². The highest BCUT2D eigenvalue weighted by molar-refractivity contribution is 5.99.